The molecule has 0 fully saturated rings. The van der Waals surface area contributed by atoms with Crippen LogP contribution in [-0.4, -0.2) is 5.71 Å². The molecule has 0 spiro atoms. The Morgan fingerprint density at radius 1 is 0.923 bits per heavy atom. The highest BCUT2D eigenvalue weighted by Crippen LogP contribution is 2.10. The van der Waals surface area contributed by atoms with E-state index >= 15 is 0 Å². The van der Waals surface area contributed by atoms with Gasteiger partial charge in [-0.1, -0.05) is 24.8 Å². The SMILES string of the molecule is C=C(C)CCCCCCCC(C)=N. The maximum Gasteiger partial charge on any atom is 0.00582 e. The van der Waals surface area contributed by atoms with Gasteiger partial charge in [0, 0.05) is 5.71 Å². The number of hydrogen-bond acceptors (Lipinski definition) is 1. The van der Waals surface area contributed by atoms with Crippen LogP contribution in [0.2, 0.25) is 0 Å². The molecule has 1 heteroatoms. The Labute approximate surface area is 82.7 Å². The molecule has 0 saturated carbocycles. The van der Waals surface area contributed by atoms with Crippen molar-refractivity contribution in [3.05, 3.63) is 12.2 Å². The van der Waals surface area contributed by atoms with Gasteiger partial charge in [0.25, 0.3) is 0 Å². The van der Waals surface area contributed by atoms with Crippen LogP contribution in [0, 0.1) is 5.41 Å². The highest BCUT2D eigenvalue weighted by Gasteiger charge is 1.92. The van der Waals surface area contributed by atoms with Crippen LogP contribution in [0.25, 0.3) is 0 Å². The van der Waals surface area contributed by atoms with E-state index in [9.17, 15) is 0 Å². The van der Waals surface area contributed by atoms with Crippen molar-refractivity contribution in [2.24, 2.45) is 0 Å². The maximum atomic E-state index is 7.26. The summed E-state index contributed by atoms with van der Waals surface area (Å²) in [5.74, 6) is 0. The van der Waals surface area contributed by atoms with Crippen LogP contribution in [0.5, 0.6) is 0 Å². The van der Waals surface area contributed by atoms with Gasteiger partial charge < -0.3 is 5.41 Å². The van der Waals surface area contributed by atoms with Crippen LogP contribution in [-0.2, 0) is 0 Å². The molecular formula is C12H23N. The van der Waals surface area contributed by atoms with E-state index in [0.717, 1.165) is 12.1 Å². The van der Waals surface area contributed by atoms with Gasteiger partial charge in [0.05, 0.1) is 0 Å². The third-order valence-electron chi connectivity index (χ3n) is 2.16. The van der Waals surface area contributed by atoms with Crippen LogP contribution in [0.3, 0.4) is 0 Å². The van der Waals surface area contributed by atoms with Crippen LogP contribution in [0.15, 0.2) is 12.2 Å². The van der Waals surface area contributed by atoms with E-state index in [1.54, 1.807) is 0 Å². The molecule has 0 aliphatic carbocycles. The minimum atomic E-state index is 0.821. The monoisotopic (exact) mass is 181 g/mol. The van der Waals surface area contributed by atoms with Crippen molar-refractivity contribution in [2.75, 3.05) is 0 Å². The minimum Gasteiger partial charge on any atom is -0.310 e. The Bertz CT molecular complexity index is 141. The van der Waals surface area contributed by atoms with Gasteiger partial charge in [-0.2, -0.15) is 0 Å². The first-order valence-corrected chi connectivity index (χ1v) is 5.31. The van der Waals surface area contributed by atoms with E-state index < -0.39 is 0 Å². The lowest BCUT2D eigenvalue weighted by molar-refractivity contribution is 0.620. The molecule has 0 aliphatic rings. The molecule has 0 rings (SSSR count). The summed E-state index contributed by atoms with van der Waals surface area (Å²) < 4.78 is 0. The van der Waals surface area contributed by atoms with Crippen molar-refractivity contribution in [1.82, 2.24) is 0 Å². The first-order valence-electron chi connectivity index (χ1n) is 5.31. The molecule has 0 bridgehead atoms. The lowest BCUT2D eigenvalue weighted by Crippen LogP contribution is -1.88. The summed E-state index contributed by atoms with van der Waals surface area (Å²) in [6.45, 7) is 7.87. The van der Waals surface area contributed by atoms with Gasteiger partial charge in [-0.05, 0) is 39.5 Å². The molecule has 0 saturated heterocycles. The lowest BCUT2D eigenvalue weighted by atomic mass is 10.1. The fourth-order valence-electron chi connectivity index (χ4n) is 1.35. The fraction of sp³-hybridized carbons (Fsp3) is 0.750. The first kappa shape index (κ1) is 12.4. The van der Waals surface area contributed by atoms with Gasteiger partial charge in [0.1, 0.15) is 0 Å². The number of unbranched alkanes of at least 4 members (excludes halogenated alkanes) is 4. The van der Waals surface area contributed by atoms with E-state index in [1.165, 1.54) is 44.1 Å². The molecule has 0 heterocycles. The van der Waals surface area contributed by atoms with E-state index in [0.29, 0.717) is 0 Å². The van der Waals surface area contributed by atoms with Gasteiger partial charge in [0.2, 0.25) is 0 Å². The van der Waals surface area contributed by atoms with E-state index in [-0.39, 0.29) is 0 Å². The highest BCUT2D eigenvalue weighted by molar-refractivity contribution is 5.78. The minimum absolute atomic E-state index is 0.821. The van der Waals surface area contributed by atoms with Gasteiger partial charge in [-0.25, -0.2) is 0 Å². The zero-order valence-corrected chi connectivity index (χ0v) is 9.16. The fourth-order valence-corrected chi connectivity index (χ4v) is 1.35. The summed E-state index contributed by atoms with van der Waals surface area (Å²) in [6, 6.07) is 0. The molecule has 1 N–H and O–H groups in total. The maximum absolute atomic E-state index is 7.26. The largest absolute Gasteiger partial charge is 0.310 e. The van der Waals surface area contributed by atoms with Crippen LogP contribution >= 0.6 is 0 Å². The predicted octanol–water partition coefficient (Wildman–Crippen LogP) is 4.33. The molecule has 0 aromatic rings. The Morgan fingerprint density at radius 2 is 1.38 bits per heavy atom. The molecule has 0 aromatic carbocycles. The summed E-state index contributed by atoms with van der Waals surface area (Å²) in [6.07, 6.45) is 8.59. The Balaban J connectivity index is 3.00. The second kappa shape index (κ2) is 8.03. The third-order valence-corrected chi connectivity index (χ3v) is 2.16. The van der Waals surface area contributed by atoms with Crippen molar-refractivity contribution >= 4 is 5.71 Å². The molecule has 76 valence electrons. The smallest absolute Gasteiger partial charge is 0.00582 e. The summed E-state index contributed by atoms with van der Waals surface area (Å²) in [4.78, 5) is 0. The lowest BCUT2D eigenvalue weighted by Gasteiger charge is -2.01. The standard InChI is InChI=1S/C12H23N/c1-11(2)9-7-5-4-6-8-10-12(3)13/h13H,1,4-10H2,2-3H3. The van der Waals surface area contributed by atoms with Crippen LogP contribution in [0.1, 0.15) is 58.8 Å². The van der Waals surface area contributed by atoms with Crippen LogP contribution in [0.4, 0.5) is 0 Å². The Hall–Kier alpha value is -0.590. The average molecular weight is 181 g/mol. The number of nitrogens with one attached hydrogen (secondary N) is 1. The molecule has 0 amide bonds. The summed E-state index contributed by atoms with van der Waals surface area (Å²) in [5, 5.41) is 7.26. The Kier molecular flexibility index (Phi) is 7.66. The normalized spacial score (nSPS) is 10.0. The molecule has 0 aromatic heterocycles. The van der Waals surface area contributed by atoms with Crippen molar-refractivity contribution in [3.63, 3.8) is 0 Å². The van der Waals surface area contributed by atoms with E-state index in [1.807, 2.05) is 6.92 Å². The average Bonchev–Trinajstić information content (AvgIpc) is 2.01. The molecule has 1 nitrogen and oxygen atoms in total. The van der Waals surface area contributed by atoms with Crippen molar-refractivity contribution in [3.8, 4) is 0 Å². The van der Waals surface area contributed by atoms with E-state index in [2.05, 4.69) is 13.5 Å². The zero-order valence-electron chi connectivity index (χ0n) is 9.16. The van der Waals surface area contributed by atoms with E-state index in [4.69, 9.17) is 5.41 Å². The molecule has 0 atom stereocenters. The second-order valence-corrected chi connectivity index (χ2v) is 4.01. The summed E-state index contributed by atoms with van der Waals surface area (Å²) in [5.41, 5.74) is 2.12. The van der Waals surface area contributed by atoms with Gasteiger partial charge in [-0.3, -0.25) is 0 Å². The highest BCUT2D eigenvalue weighted by atomic mass is 14.4. The Morgan fingerprint density at radius 3 is 1.85 bits per heavy atom. The number of hydrogen-bond donors (Lipinski definition) is 1. The third kappa shape index (κ3) is 11.4. The topological polar surface area (TPSA) is 23.9 Å². The molecule has 0 aliphatic heterocycles. The van der Waals surface area contributed by atoms with Gasteiger partial charge >= 0.3 is 0 Å². The van der Waals surface area contributed by atoms with Crippen molar-refractivity contribution in [1.29, 1.82) is 5.41 Å². The second-order valence-electron chi connectivity index (χ2n) is 4.01. The van der Waals surface area contributed by atoms with Gasteiger partial charge in [0.15, 0.2) is 0 Å². The summed E-state index contributed by atoms with van der Waals surface area (Å²) >= 11 is 0. The molecular weight excluding hydrogens is 158 g/mol. The quantitative estimate of drug-likeness (QED) is 0.327. The van der Waals surface area contributed by atoms with Crippen molar-refractivity contribution in [2.45, 2.75) is 58.8 Å². The molecule has 13 heavy (non-hydrogen) atoms. The number of allylic oxidation sites excluding steroid dienone is 1. The molecule has 0 unspecified atom stereocenters. The van der Waals surface area contributed by atoms with Crippen molar-refractivity contribution < 1.29 is 0 Å². The zero-order chi connectivity index (χ0) is 10.1. The van der Waals surface area contributed by atoms with Gasteiger partial charge in [-0.15, -0.1) is 6.58 Å². The predicted molar refractivity (Wildman–Crippen MR) is 60.5 cm³/mol. The number of rotatable bonds is 8. The van der Waals surface area contributed by atoms with Crippen LogP contribution < -0.4 is 0 Å². The first-order chi connectivity index (χ1) is 6.13. The molecule has 0 radical (unpaired) electrons. The summed E-state index contributed by atoms with van der Waals surface area (Å²) in [7, 11) is 0.